The van der Waals surface area contributed by atoms with Crippen LogP contribution in [0.25, 0.3) is 5.69 Å². The minimum Gasteiger partial charge on any atom is -0.483 e. The summed E-state index contributed by atoms with van der Waals surface area (Å²) in [4.78, 5) is 29.2. The van der Waals surface area contributed by atoms with Gasteiger partial charge in [0.15, 0.2) is 12.4 Å². The van der Waals surface area contributed by atoms with Crippen molar-refractivity contribution in [3.63, 3.8) is 0 Å². The van der Waals surface area contributed by atoms with Crippen molar-refractivity contribution < 1.29 is 36.9 Å². The third kappa shape index (κ3) is 5.01. The van der Waals surface area contributed by atoms with Crippen LogP contribution in [0.4, 0.5) is 23.2 Å². The lowest BCUT2D eigenvalue weighted by Crippen LogP contribution is -2.24. The number of hydrogen-bond donors (Lipinski definition) is 2. The first-order valence-electron chi connectivity index (χ1n) is 9.57. The van der Waals surface area contributed by atoms with Crippen LogP contribution in [0.5, 0.6) is 11.6 Å². The molecule has 3 aromatic rings. The predicted octanol–water partition coefficient (Wildman–Crippen LogP) is 2.11. The van der Waals surface area contributed by atoms with Crippen LogP contribution in [-0.4, -0.2) is 50.2 Å². The summed E-state index contributed by atoms with van der Waals surface area (Å²) in [5.74, 6) is -2.91. The Hall–Kier alpha value is -3.94. The maximum absolute atomic E-state index is 15.0. The van der Waals surface area contributed by atoms with Gasteiger partial charge in [-0.15, -0.1) is 5.10 Å². The Morgan fingerprint density at radius 3 is 2.59 bits per heavy atom. The predicted molar refractivity (Wildman–Crippen MR) is 110 cm³/mol. The fraction of sp³-hybridized carbons (Fsp3) is 0.300. The highest BCUT2D eigenvalue weighted by atomic mass is 19.4. The second-order valence-corrected chi connectivity index (χ2v) is 7.00. The Labute approximate surface area is 189 Å². The molecule has 0 aliphatic carbocycles. The lowest BCUT2D eigenvalue weighted by Gasteiger charge is -2.16. The van der Waals surface area contributed by atoms with Crippen LogP contribution in [0.1, 0.15) is 21.7 Å². The molecule has 0 saturated carbocycles. The molecule has 2 N–H and O–H groups in total. The number of nitrogens with one attached hydrogen (secondary N) is 1. The van der Waals surface area contributed by atoms with E-state index in [0.29, 0.717) is 16.3 Å². The van der Waals surface area contributed by atoms with Crippen molar-refractivity contribution >= 4 is 11.6 Å². The van der Waals surface area contributed by atoms with Crippen LogP contribution in [0.2, 0.25) is 0 Å². The molecule has 2 aromatic heterocycles. The van der Waals surface area contributed by atoms with E-state index in [2.05, 4.69) is 15.4 Å². The average molecular weight is 485 g/mol. The van der Waals surface area contributed by atoms with Crippen LogP contribution < -0.4 is 20.5 Å². The Morgan fingerprint density at radius 2 is 2.00 bits per heavy atom. The molecule has 0 unspecified atom stereocenters. The molecule has 182 valence electrons. The lowest BCUT2D eigenvalue weighted by atomic mass is 10.1. The quantitative estimate of drug-likeness (QED) is 0.492. The number of amides is 1. The Kier molecular flexibility index (Phi) is 6.91. The molecule has 3 rings (SSSR count). The first kappa shape index (κ1) is 24.7. The molecule has 0 atom stereocenters. The summed E-state index contributed by atoms with van der Waals surface area (Å²) in [6, 6.07) is 2.92. The number of halogens is 4. The topological polar surface area (TPSA) is 120 Å². The second-order valence-electron chi connectivity index (χ2n) is 7.00. The molecule has 0 fully saturated rings. The van der Waals surface area contributed by atoms with Gasteiger partial charge in [0.25, 0.3) is 5.91 Å². The van der Waals surface area contributed by atoms with E-state index in [4.69, 9.17) is 9.47 Å². The van der Waals surface area contributed by atoms with E-state index in [1.54, 1.807) is 13.0 Å². The molecule has 34 heavy (non-hydrogen) atoms. The number of pyridine rings is 1. The lowest BCUT2D eigenvalue weighted by molar-refractivity contribution is -0.153. The number of aliphatic hydroxyl groups is 1. The Bertz CT molecular complexity index is 1290. The summed E-state index contributed by atoms with van der Waals surface area (Å²) in [5, 5.41) is 15.5. The van der Waals surface area contributed by atoms with Crippen LogP contribution in [0.3, 0.4) is 0 Å². The van der Waals surface area contributed by atoms with Crippen LogP contribution in [0.15, 0.2) is 29.2 Å². The maximum Gasteiger partial charge on any atom is 0.422 e. The Balaban J connectivity index is 2.11. The van der Waals surface area contributed by atoms with E-state index in [9.17, 15) is 32.3 Å². The van der Waals surface area contributed by atoms with Gasteiger partial charge in [-0.2, -0.15) is 17.9 Å². The molecular weight excluding hydrogens is 466 g/mol. The zero-order chi connectivity index (χ0) is 25.2. The summed E-state index contributed by atoms with van der Waals surface area (Å²) in [6.45, 7) is -0.812. The molecular formula is C20H19F4N5O5. The van der Waals surface area contributed by atoms with Gasteiger partial charge in [-0.3, -0.25) is 9.36 Å². The monoisotopic (exact) mass is 485 g/mol. The molecule has 0 radical (unpaired) electrons. The molecule has 0 saturated heterocycles. The number of ether oxygens (including phenoxy) is 2. The maximum atomic E-state index is 15.0. The summed E-state index contributed by atoms with van der Waals surface area (Å²) in [5.41, 5.74) is -1.40. The summed E-state index contributed by atoms with van der Waals surface area (Å²) in [7, 11) is 2.57. The molecule has 0 aliphatic rings. The minimum atomic E-state index is -4.77. The van der Waals surface area contributed by atoms with E-state index in [1.165, 1.54) is 20.4 Å². The fourth-order valence-electron chi connectivity index (χ4n) is 2.95. The average Bonchev–Trinajstić information content (AvgIpc) is 3.07. The standard InChI is InChI=1S/C20H19F4N5O5/c1-10-4-5-25-18(33-3)16(10)26-17(31)11-6-12(21)13(7-14(11)34-9-20(22,23)24)29-19(32)28(2)15(8-30)27-29/h4-7,30H,8-9H2,1-3H3,(H,26,31). The van der Waals surface area contributed by atoms with E-state index in [1.807, 2.05) is 0 Å². The largest absolute Gasteiger partial charge is 0.483 e. The number of methoxy groups -OCH3 is 1. The molecule has 0 spiro atoms. The van der Waals surface area contributed by atoms with Crippen molar-refractivity contribution in [3.8, 4) is 17.3 Å². The minimum absolute atomic E-state index is 0.0276. The van der Waals surface area contributed by atoms with Crippen LogP contribution in [0, 0.1) is 12.7 Å². The fourth-order valence-corrected chi connectivity index (χ4v) is 2.95. The molecule has 10 nitrogen and oxygen atoms in total. The first-order chi connectivity index (χ1) is 16.0. The molecule has 14 heteroatoms. The van der Waals surface area contributed by atoms with Crippen LogP contribution in [-0.2, 0) is 13.7 Å². The number of alkyl halides is 3. The van der Waals surface area contributed by atoms with Crippen molar-refractivity contribution in [2.75, 3.05) is 19.0 Å². The molecule has 1 amide bonds. The van der Waals surface area contributed by atoms with E-state index >= 15 is 0 Å². The number of hydrogen-bond acceptors (Lipinski definition) is 7. The smallest absolute Gasteiger partial charge is 0.422 e. The van der Waals surface area contributed by atoms with Gasteiger partial charge in [-0.1, -0.05) is 0 Å². The van der Waals surface area contributed by atoms with E-state index < -0.39 is 53.8 Å². The van der Waals surface area contributed by atoms with Crippen molar-refractivity contribution in [1.82, 2.24) is 19.3 Å². The number of rotatable bonds is 7. The van der Waals surface area contributed by atoms with E-state index in [-0.39, 0.29) is 17.4 Å². The number of anilines is 1. The normalized spacial score (nSPS) is 11.4. The number of carbonyl (C=O) groups excluding carboxylic acids is 1. The molecule has 2 heterocycles. The summed E-state index contributed by atoms with van der Waals surface area (Å²) < 4.78 is 64.7. The number of nitrogens with zero attached hydrogens (tertiary/aromatic N) is 4. The highest BCUT2D eigenvalue weighted by Gasteiger charge is 2.30. The first-order valence-corrected chi connectivity index (χ1v) is 9.57. The van der Waals surface area contributed by atoms with Gasteiger partial charge in [-0.05, 0) is 24.6 Å². The van der Waals surface area contributed by atoms with Gasteiger partial charge in [0.2, 0.25) is 5.88 Å². The van der Waals surface area contributed by atoms with Crippen LogP contribution >= 0.6 is 0 Å². The highest BCUT2D eigenvalue weighted by molar-refractivity contribution is 6.07. The van der Waals surface area contributed by atoms with Gasteiger partial charge in [0.05, 0.1) is 12.7 Å². The van der Waals surface area contributed by atoms with Gasteiger partial charge in [0.1, 0.15) is 29.5 Å². The third-order valence-electron chi connectivity index (χ3n) is 4.68. The van der Waals surface area contributed by atoms with Crippen molar-refractivity contribution in [2.45, 2.75) is 19.7 Å². The summed E-state index contributed by atoms with van der Waals surface area (Å²) >= 11 is 0. The van der Waals surface area contributed by atoms with Gasteiger partial charge >= 0.3 is 11.9 Å². The summed E-state index contributed by atoms with van der Waals surface area (Å²) in [6.07, 6.45) is -3.35. The SMILES string of the molecule is COc1nccc(C)c1NC(=O)c1cc(F)c(-n2nc(CO)n(C)c2=O)cc1OCC(F)(F)F. The number of carbonyl (C=O) groups is 1. The number of aryl methyl sites for hydroxylation is 1. The third-order valence-corrected chi connectivity index (χ3v) is 4.68. The van der Waals surface area contributed by atoms with Gasteiger partial charge < -0.3 is 19.9 Å². The number of aliphatic hydroxyl groups excluding tert-OH is 1. The second kappa shape index (κ2) is 9.51. The molecule has 0 bridgehead atoms. The van der Waals surface area contributed by atoms with Crippen molar-refractivity contribution in [3.05, 3.63) is 57.6 Å². The number of aromatic nitrogens is 4. The van der Waals surface area contributed by atoms with Gasteiger partial charge in [0, 0.05) is 19.3 Å². The highest BCUT2D eigenvalue weighted by Crippen LogP contribution is 2.30. The zero-order valence-corrected chi connectivity index (χ0v) is 18.1. The van der Waals surface area contributed by atoms with E-state index in [0.717, 1.165) is 10.6 Å². The molecule has 0 aliphatic heterocycles. The Morgan fingerprint density at radius 1 is 1.29 bits per heavy atom. The van der Waals surface area contributed by atoms with Crippen molar-refractivity contribution in [2.24, 2.45) is 7.05 Å². The zero-order valence-electron chi connectivity index (χ0n) is 18.1. The van der Waals surface area contributed by atoms with Crippen molar-refractivity contribution in [1.29, 1.82) is 0 Å². The van der Waals surface area contributed by atoms with Gasteiger partial charge in [-0.25, -0.2) is 14.2 Å². The number of benzene rings is 1. The molecule has 1 aromatic carbocycles.